The fourth-order valence-corrected chi connectivity index (χ4v) is 7.13. The summed E-state index contributed by atoms with van der Waals surface area (Å²) in [4.78, 5) is 32.6. The number of halogens is 1. The van der Waals surface area contributed by atoms with Gasteiger partial charge in [0.25, 0.3) is 0 Å². The molecule has 3 amide bonds. The first kappa shape index (κ1) is 24.8. The second kappa shape index (κ2) is 9.66. The van der Waals surface area contributed by atoms with Crippen molar-refractivity contribution in [2.24, 2.45) is 5.41 Å². The fraction of sp³-hybridized carbons (Fsp3) is 0.679. The summed E-state index contributed by atoms with van der Waals surface area (Å²) in [5.41, 5.74) is 2.25. The van der Waals surface area contributed by atoms with Crippen LogP contribution < -0.4 is 15.5 Å². The molecule has 2 N–H and O–H groups in total. The van der Waals surface area contributed by atoms with Crippen molar-refractivity contribution in [3.8, 4) is 0 Å². The van der Waals surface area contributed by atoms with Crippen LogP contribution in [0.5, 0.6) is 0 Å². The lowest BCUT2D eigenvalue weighted by atomic mass is 9.67. The van der Waals surface area contributed by atoms with Gasteiger partial charge in [-0.3, -0.25) is 15.0 Å². The van der Waals surface area contributed by atoms with E-state index in [2.05, 4.69) is 33.2 Å². The number of rotatable bonds is 4. The molecule has 0 radical (unpaired) electrons. The zero-order valence-electron chi connectivity index (χ0n) is 21.9. The van der Waals surface area contributed by atoms with Gasteiger partial charge >= 0.3 is 6.03 Å². The van der Waals surface area contributed by atoms with E-state index in [4.69, 9.17) is 4.98 Å². The normalized spacial score (nSPS) is 25.1. The Bertz CT molecular complexity index is 1170. The standard InChI is InChI=1S/C28H39FN6O2/c1-20-18-35(25-23(20)16-22(17-31-25)34-13-4-24(36)32-26(34)37)21-2-5-27(6-3-21)9-14-33(15-10-27)19-28(29)7-11-30-12-8-28/h16-18,21,30H,2-15,19H2,1H3,(H,32,36,37). The number of fused-ring (bicyclic) bond motifs is 1. The SMILES string of the molecule is Cc1cn(C2CCC3(CC2)CCN(CC2(F)CCNCC2)CC3)c2ncc(N3CCC(=O)NC3=O)cc12. The number of piperidine rings is 2. The maximum absolute atomic E-state index is 15.2. The third kappa shape index (κ3) is 4.88. The number of hydrogen-bond donors (Lipinski definition) is 2. The molecule has 4 aliphatic rings. The lowest BCUT2D eigenvalue weighted by Crippen LogP contribution is -2.50. The average molecular weight is 511 g/mol. The summed E-state index contributed by atoms with van der Waals surface area (Å²) in [6, 6.07) is 2.08. The largest absolute Gasteiger partial charge is 0.329 e. The monoisotopic (exact) mass is 510 g/mol. The molecule has 0 atom stereocenters. The molecule has 200 valence electrons. The molecule has 1 saturated carbocycles. The number of nitrogens with zero attached hydrogens (tertiary/aromatic N) is 4. The van der Waals surface area contributed by atoms with Gasteiger partial charge in [-0.1, -0.05) is 0 Å². The first-order valence-corrected chi connectivity index (χ1v) is 14.0. The lowest BCUT2D eigenvalue weighted by molar-refractivity contribution is -0.120. The molecule has 0 unspecified atom stereocenters. The predicted octanol–water partition coefficient (Wildman–Crippen LogP) is 4.08. The smallest absolute Gasteiger partial charge is 0.328 e. The molecule has 2 aromatic rings. The number of alkyl halides is 1. The van der Waals surface area contributed by atoms with E-state index in [1.54, 1.807) is 11.1 Å². The Kier molecular flexibility index (Phi) is 6.47. The summed E-state index contributed by atoms with van der Waals surface area (Å²) in [7, 11) is 0. The van der Waals surface area contributed by atoms with Crippen molar-refractivity contribution < 1.29 is 14.0 Å². The van der Waals surface area contributed by atoms with E-state index in [1.165, 1.54) is 25.7 Å². The first-order chi connectivity index (χ1) is 17.8. The minimum absolute atomic E-state index is 0.230. The molecule has 0 aromatic carbocycles. The molecular formula is C28H39FN6O2. The molecule has 0 bridgehead atoms. The molecular weight excluding hydrogens is 471 g/mol. The average Bonchev–Trinajstić information content (AvgIpc) is 3.22. The Morgan fingerprint density at radius 2 is 1.78 bits per heavy atom. The Hall–Kier alpha value is -2.52. The van der Waals surface area contributed by atoms with Crippen LogP contribution in [0, 0.1) is 12.3 Å². The predicted molar refractivity (Wildman–Crippen MR) is 142 cm³/mol. The number of aromatic nitrogens is 2. The van der Waals surface area contributed by atoms with Crippen LogP contribution in [0.3, 0.4) is 0 Å². The quantitative estimate of drug-likeness (QED) is 0.648. The second-order valence-corrected chi connectivity index (χ2v) is 11.9. The van der Waals surface area contributed by atoms with Crippen molar-refractivity contribution in [2.45, 2.75) is 76.4 Å². The highest BCUT2D eigenvalue weighted by molar-refractivity contribution is 6.06. The summed E-state index contributed by atoms with van der Waals surface area (Å²) < 4.78 is 17.5. The summed E-state index contributed by atoms with van der Waals surface area (Å²) in [5, 5.41) is 6.74. The Balaban J connectivity index is 1.09. The fourth-order valence-electron chi connectivity index (χ4n) is 7.13. The number of pyridine rings is 1. The minimum atomic E-state index is -1.01. The van der Waals surface area contributed by atoms with Gasteiger partial charge in [-0.15, -0.1) is 0 Å². The van der Waals surface area contributed by atoms with Gasteiger partial charge in [0.05, 0.1) is 11.9 Å². The van der Waals surface area contributed by atoms with Crippen LogP contribution in [-0.4, -0.2) is 71.3 Å². The summed E-state index contributed by atoms with van der Waals surface area (Å²) >= 11 is 0. The van der Waals surface area contributed by atoms with Crippen molar-refractivity contribution in [3.63, 3.8) is 0 Å². The maximum Gasteiger partial charge on any atom is 0.328 e. The molecule has 1 spiro atoms. The van der Waals surface area contributed by atoms with E-state index >= 15 is 4.39 Å². The van der Waals surface area contributed by atoms with Crippen LogP contribution in [0.2, 0.25) is 0 Å². The van der Waals surface area contributed by atoms with Crippen LogP contribution in [0.4, 0.5) is 14.9 Å². The maximum atomic E-state index is 15.2. The van der Waals surface area contributed by atoms with Crippen LogP contribution >= 0.6 is 0 Å². The summed E-state index contributed by atoms with van der Waals surface area (Å²) in [6.45, 7) is 6.73. The van der Waals surface area contributed by atoms with E-state index in [0.29, 0.717) is 43.8 Å². The Morgan fingerprint density at radius 3 is 2.49 bits per heavy atom. The van der Waals surface area contributed by atoms with Crippen molar-refractivity contribution in [2.75, 3.05) is 44.2 Å². The van der Waals surface area contributed by atoms with Gasteiger partial charge in [0.15, 0.2) is 0 Å². The number of anilines is 1. The second-order valence-electron chi connectivity index (χ2n) is 11.9. The number of hydrogen-bond acceptors (Lipinski definition) is 5. The van der Waals surface area contributed by atoms with Gasteiger partial charge in [-0.05, 0) is 102 Å². The molecule has 9 heteroatoms. The number of urea groups is 1. The van der Waals surface area contributed by atoms with E-state index in [0.717, 1.165) is 61.3 Å². The zero-order valence-corrected chi connectivity index (χ0v) is 21.9. The molecule has 3 aliphatic heterocycles. The minimum Gasteiger partial charge on any atom is -0.329 e. The number of likely N-dealkylation sites (tertiary alicyclic amines) is 1. The number of nitrogens with one attached hydrogen (secondary N) is 2. The highest BCUT2D eigenvalue weighted by atomic mass is 19.1. The van der Waals surface area contributed by atoms with Crippen molar-refractivity contribution in [1.29, 1.82) is 0 Å². The molecule has 5 heterocycles. The number of carbonyl (C=O) groups excluding carboxylic acids is 2. The molecule has 1 aliphatic carbocycles. The third-order valence-electron chi connectivity index (χ3n) is 9.55. The highest BCUT2D eigenvalue weighted by Gasteiger charge is 2.41. The van der Waals surface area contributed by atoms with Gasteiger partial charge in [0.2, 0.25) is 5.91 Å². The molecule has 6 rings (SSSR count). The molecule has 8 nitrogen and oxygen atoms in total. The van der Waals surface area contributed by atoms with Crippen LogP contribution in [0.25, 0.3) is 11.0 Å². The van der Waals surface area contributed by atoms with E-state index in [1.807, 2.05) is 6.07 Å². The van der Waals surface area contributed by atoms with E-state index in [9.17, 15) is 9.59 Å². The van der Waals surface area contributed by atoms with Crippen molar-refractivity contribution >= 4 is 28.7 Å². The van der Waals surface area contributed by atoms with Gasteiger partial charge in [0, 0.05) is 37.1 Å². The van der Waals surface area contributed by atoms with E-state index in [-0.39, 0.29) is 11.9 Å². The molecule has 4 fully saturated rings. The highest BCUT2D eigenvalue weighted by Crippen LogP contribution is 2.48. The van der Waals surface area contributed by atoms with Gasteiger partial charge in [-0.25, -0.2) is 14.2 Å². The topological polar surface area (TPSA) is 82.5 Å². The Labute approximate surface area is 218 Å². The van der Waals surface area contributed by atoms with Crippen LogP contribution in [0.1, 0.15) is 69.4 Å². The lowest BCUT2D eigenvalue weighted by Gasteiger charge is -2.47. The van der Waals surface area contributed by atoms with Gasteiger partial charge in [0.1, 0.15) is 11.3 Å². The number of amides is 3. The molecule has 2 aromatic heterocycles. The van der Waals surface area contributed by atoms with E-state index < -0.39 is 5.67 Å². The Morgan fingerprint density at radius 1 is 1.05 bits per heavy atom. The first-order valence-electron chi connectivity index (χ1n) is 14.0. The number of aryl methyl sites for hydroxylation is 1. The zero-order chi connectivity index (χ0) is 25.6. The third-order valence-corrected chi connectivity index (χ3v) is 9.55. The van der Waals surface area contributed by atoms with Crippen molar-refractivity contribution in [3.05, 3.63) is 24.0 Å². The number of imide groups is 1. The van der Waals surface area contributed by atoms with Crippen LogP contribution in [0.15, 0.2) is 18.5 Å². The van der Waals surface area contributed by atoms with Crippen molar-refractivity contribution in [1.82, 2.24) is 25.1 Å². The summed E-state index contributed by atoms with van der Waals surface area (Å²) in [5.74, 6) is -0.230. The number of carbonyl (C=O) groups is 2. The van der Waals surface area contributed by atoms with Crippen LogP contribution in [-0.2, 0) is 4.79 Å². The molecule has 37 heavy (non-hydrogen) atoms. The molecule has 3 saturated heterocycles. The van der Waals surface area contributed by atoms with Gasteiger partial charge in [-0.2, -0.15) is 0 Å². The summed E-state index contributed by atoms with van der Waals surface area (Å²) in [6.07, 6.45) is 12.6. The van der Waals surface area contributed by atoms with Gasteiger partial charge < -0.3 is 14.8 Å².